The number of rotatable bonds is 2. The first kappa shape index (κ1) is 12.5. The van der Waals surface area contributed by atoms with E-state index in [4.69, 9.17) is 0 Å². The fourth-order valence-corrected chi connectivity index (χ4v) is 2.39. The first-order valence-electron chi connectivity index (χ1n) is 6.39. The fraction of sp³-hybridized carbons (Fsp3) is 0.308. The number of carbonyl (C=O) groups excluding carboxylic acids is 1. The van der Waals surface area contributed by atoms with Gasteiger partial charge in [-0.25, -0.2) is 9.78 Å². The van der Waals surface area contributed by atoms with Crippen LogP contribution in [0.5, 0.6) is 0 Å². The van der Waals surface area contributed by atoms with E-state index in [0.29, 0.717) is 24.6 Å². The van der Waals surface area contributed by atoms with Crippen LogP contribution in [0.25, 0.3) is 5.65 Å². The highest BCUT2D eigenvalue weighted by atomic mass is 16.4. The van der Waals surface area contributed by atoms with Crippen molar-refractivity contribution in [2.75, 3.05) is 24.5 Å². The van der Waals surface area contributed by atoms with Gasteiger partial charge in [0.1, 0.15) is 5.65 Å². The van der Waals surface area contributed by atoms with Crippen LogP contribution in [0.4, 0.5) is 5.82 Å². The summed E-state index contributed by atoms with van der Waals surface area (Å²) in [5.74, 6) is -0.819. The Kier molecular flexibility index (Phi) is 3.02. The number of carboxylic acids is 1. The Balaban J connectivity index is 2.12. The molecule has 0 radical (unpaired) electrons. The number of imidazole rings is 1. The van der Waals surface area contributed by atoms with Crippen LogP contribution in [-0.4, -0.2) is 46.0 Å². The standard InChI is InChI=1S/C13H14N4O3/c18-10-8-16(6-3-5-14-10)12-11(13(19)20)17-7-2-1-4-9(17)15-12/h1-2,4,7H,3,5-6,8H2,(H,14,18)(H,19,20). The van der Waals surface area contributed by atoms with Crippen molar-refractivity contribution in [1.29, 1.82) is 0 Å². The molecule has 1 fully saturated rings. The van der Waals surface area contributed by atoms with Crippen molar-refractivity contribution in [1.82, 2.24) is 14.7 Å². The predicted molar refractivity (Wildman–Crippen MR) is 72.0 cm³/mol. The van der Waals surface area contributed by atoms with E-state index in [1.165, 1.54) is 4.40 Å². The lowest BCUT2D eigenvalue weighted by Crippen LogP contribution is -2.34. The highest BCUT2D eigenvalue weighted by Gasteiger charge is 2.25. The minimum absolute atomic E-state index is 0.0929. The summed E-state index contributed by atoms with van der Waals surface area (Å²) in [5.41, 5.74) is 0.653. The lowest BCUT2D eigenvalue weighted by Gasteiger charge is -2.18. The van der Waals surface area contributed by atoms with Crippen LogP contribution in [-0.2, 0) is 4.79 Å². The van der Waals surface area contributed by atoms with E-state index in [0.717, 1.165) is 6.42 Å². The van der Waals surface area contributed by atoms with Crippen LogP contribution >= 0.6 is 0 Å². The van der Waals surface area contributed by atoms with Crippen molar-refractivity contribution < 1.29 is 14.7 Å². The Morgan fingerprint density at radius 1 is 1.40 bits per heavy atom. The first-order chi connectivity index (χ1) is 9.66. The number of anilines is 1. The van der Waals surface area contributed by atoms with Gasteiger partial charge in [0.2, 0.25) is 5.91 Å². The summed E-state index contributed by atoms with van der Waals surface area (Å²) in [6.45, 7) is 1.33. The smallest absolute Gasteiger partial charge is 0.356 e. The van der Waals surface area contributed by atoms with Gasteiger partial charge in [-0.15, -0.1) is 0 Å². The summed E-state index contributed by atoms with van der Waals surface area (Å²) in [5, 5.41) is 12.2. The van der Waals surface area contributed by atoms with Gasteiger partial charge in [0, 0.05) is 19.3 Å². The monoisotopic (exact) mass is 274 g/mol. The highest BCUT2D eigenvalue weighted by molar-refractivity contribution is 5.94. The molecule has 1 amide bonds. The number of carbonyl (C=O) groups is 2. The van der Waals surface area contributed by atoms with Gasteiger partial charge < -0.3 is 15.3 Å². The molecule has 0 atom stereocenters. The molecule has 3 heterocycles. The van der Waals surface area contributed by atoms with E-state index in [1.807, 2.05) is 0 Å². The van der Waals surface area contributed by atoms with Crippen LogP contribution in [0.3, 0.4) is 0 Å². The van der Waals surface area contributed by atoms with Gasteiger partial charge >= 0.3 is 5.97 Å². The second-order valence-corrected chi connectivity index (χ2v) is 4.64. The number of pyridine rings is 1. The molecule has 2 N–H and O–H groups in total. The molecule has 1 aliphatic heterocycles. The molecule has 0 spiro atoms. The lowest BCUT2D eigenvalue weighted by atomic mass is 10.3. The summed E-state index contributed by atoms with van der Waals surface area (Å²) >= 11 is 0. The number of aromatic carboxylic acids is 1. The van der Waals surface area contributed by atoms with E-state index >= 15 is 0 Å². The lowest BCUT2D eigenvalue weighted by molar-refractivity contribution is -0.119. The van der Waals surface area contributed by atoms with Gasteiger partial charge in [0.05, 0.1) is 6.54 Å². The third kappa shape index (κ3) is 2.07. The number of aromatic nitrogens is 2. The van der Waals surface area contributed by atoms with E-state index in [1.54, 1.807) is 29.3 Å². The Bertz CT molecular complexity index is 679. The second-order valence-electron chi connectivity index (χ2n) is 4.64. The molecule has 0 saturated carbocycles. The highest BCUT2D eigenvalue weighted by Crippen LogP contribution is 2.22. The van der Waals surface area contributed by atoms with Crippen LogP contribution in [0.15, 0.2) is 24.4 Å². The van der Waals surface area contributed by atoms with Crippen molar-refractivity contribution >= 4 is 23.3 Å². The van der Waals surface area contributed by atoms with Gasteiger partial charge in [-0.3, -0.25) is 9.20 Å². The van der Waals surface area contributed by atoms with Gasteiger partial charge in [0.15, 0.2) is 11.5 Å². The van der Waals surface area contributed by atoms with Crippen molar-refractivity contribution in [3.05, 3.63) is 30.1 Å². The zero-order valence-electron chi connectivity index (χ0n) is 10.7. The zero-order chi connectivity index (χ0) is 14.1. The molecule has 20 heavy (non-hydrogen) atoms. The average molecular weight is 274 g/mol. The molecule has 104 valence electrons. The largest absolute Gasteiger partial charge is 0.476 e. The van der Waals surface area contributed by atoms with E-state index in [2.05, 4.69) is 10.3 Å². The first-order valence-corrected chi connectivity index (χ1v) is 6.39. The average Bonchev–Trinajstić information content (AvgIpc) is 2.68. The van der Waals surface area contributed by atoms with Crippen LogP contribution in [0, 0.1) is 0 Å². The maximum atomic E-state index is 11.6. The Hall–Kier alpha value is -2.57. The molecule has 7 heteroatoms. The molecule has 0 aliphatic carbocycles. The minimum atomic E-state index is -1.05. The summed E-state index contributed by atoms with van der Waals surface area (Å²) in [7, 11) is 0. The molecule has 0 bridgehead atoms. The number of carboxylic acid groups (broad SMARTS) is 1. The summed E-state index contributed by atoms with van der Waals surface area (Å²) in [6.07, 6.45) is 2.42. The Morgan fingerprint density at radius 3 is 3.05 bits per heavy atom. The molecular formula is C13H14N4O3. The maximum Gasteiger partial charge on any atom is 0.356 e. The van der Waals surface area contributed by atoms with Crippen LogP contribution in [0.2, 0.25) is 0 Å². The van der Waals surface area contributed by atoms with Crippen molar-refractivity contribution in [3.63, 3.8) is 0 Å². The quantitative estimate of drug-likeness (QED) is 0.825. The summed E-state index contributed by atoms with van der Waals surface area (Å²) in [6, 6.07) is 5.29. The number of nitrogens with one attached hydrogen (secondary N) is 1. The van der Waals surface area contributed by atoms with Gasteiger partial charge in [0.25, 0.3) is 0 Å². The van der Waals surface area contributed by atoms with Crippen LogP contribution < -0.4 is 10.2 Å². The topological polar surface area (TPSA) is 86.9 Å². The Morgan fingerprint density at radius 2 is 2.25 bits per heavy atom. The molecule has 0 unspecified atom stereocenters. The van der Waals surface area contributed by atoms with Gasteiger partial charge in [-0.05, 0) is 18.6 Å². The number of nitrogens with zero attached hydrogens (tertiary/aromatic N) is 3. The van der Waals surface area contributed by atoms with E-state index in [9.17, 15) is 14.7 Å². The molecule has 1 saturated heterocycles. The number of fused-ring (bicyclic) bond motifs is 1. The van der Waals surface area contributed by atoms with Crippen molar-refractivity contribution in [2.24, 2.45) is 0 Å². The molecule has 2 aromatic heterocycles. The molecule has 0 aromatic carbocycles. The van der Waals surface area contributed by atoms with E-state index in [-0.39, 0.29) is 18.1 Å². The zero-order valence-corrected chi connectivity index (χ0v) is 10.7. The number of hydrogen-bond acceptors (Lipinski definition) is 4. The third-order valence-electron chi connectivity index (χ3n) is 3.28. The third-order valence-corrected chi connectivity index (χ3v) is 3.28. The fourth-order valence-electron chi connectivity index (χ4n) is 2.39. The summed E-state index contributed by atoms with van der Waals surface area (Å²) in [4.78, 5) is 29.2. The maximum absolute atomic E-state index is 11.6. The number of hydrogen-bond donors (Lipinski definition) is 2. The molecule has 2 aromatic rings. The Labute approximate surface area is 114 Å². The van der Waals surface area contributed by atoms with E-state index < -0.39 is 5.97 Å². The normalized spacial score (nSPS) is 16.0. The van der Waals surface area contributed by atoms with Crippen molar-refractivity contribution in [2.45, 2.75) is 6.42 Å². The predicted octanol–water partition coefficient (Wildman–Crippen LogP) is 0.359. The second kappa shape index (κ2) is 4.84. The molecule has 3 rings (SSSR count). The van der Waals surface area contributed by atoms with Crippen LogP contribution in [0.1, 0.15) is 16.9 Å². The number of amides is 1. The molecular weight excluding hydrogens is 260 g/mol. The summed E-state index contributed by atoms with van der Waals surface area (Å²) < 4.78 is 1.53. The minimum Gasteiger partial charge on any atom is -0.476 e. The molecule has 1 aliphatic rings. The molecule has 7 nitrogen and oxygen atoms in total. The van der Waals surface area contributed by atoms with Crippen molar-refractivity contribution in [3.8, 4) is 0 Å². The van der Waals surface area contributed by atoms with Gasteiger partial charge in [-0.1, -0.05) is 6.07 Å². The SMILES string of the molecule is O=C1CN(c2nc3ccccn3c2C(=O)O)CCCN1. The van der Waals surface area contributed by atoms with Gasteiger partial charge in [-0.2, -0.15) is 0 Å².